The molecule has 24 heavy (non-hydrogen) atoms. The first-order valence-corrected chi connectivity index (χ1v) is 8.46. The molecule has 0 fully saturated rings. The lowest BCUT2D eigenvalue weighted by Crippen LogP contribution is -2.49. The maximum Gasteiger partial charge on any atom is 0.240 e. The molecule has 2 unspecified atom stereocenters. The van der Waals surface area contributed by atoms with E-state index in [4.69, 9.17) is 0 Å². The van der Waals surface area contributed by atoms with Crippen molar-refractivity contribution in [3.63, 3.8) is 0 Å². The number of hydrogen-bond donors (Lipinski definition) is 2. The van der Waals surface area contributed by atoms with E-state index in [2.05, 4.69) is 24.5 Å². The minimum Gasteiger partial charge on any atom is -0.346 e. The van der Waals surface area contributed by atoms with Gasteiger partial charge in [0.2, 0.25) is 11.8 Å². The first-order valence-electron chi connectivity index (χ1n) is 8.46. The molecule has 0 aliphatic carbocycles. The molecule has 1 rings (SSSR count). The molecule has 0 aliphatic rings. The number of rotatable bonds is 8. The fourth-order valence-electron chi connectivity index (χ4n) is 2.73. The number of benzene rings is 1. The molecule has 0 radical (unpaired) electrons. The molecule has 2 amide bonds. The highest BCUT2D eigenvalue weighted by Gasteiger charge is 2.35. The van der Waals surface area contributed by atoms with Crippen LogP contribution in [0.15, 0.2) is 30.3 Å². The molecule has 5 heteroatoms. The maximum atomic E-state index is 12.8. The summed E-state index contributed by atoms with van der Waals surface area (Å²) in [7, 11) is 3.78. The third kappa shape index (κ3) is 5.64. The quantitative estimate of drug-likeness (QED) is 0.717. The van der Waals surface area contributed by atoms with Crippen LogP contribution >= 0.6 is 0 Å². The fourth-order valence-corrected chi connectivity index (χ4v) is 2.73. The highest BCUT2D eigenvalue weighted by atomic mass is 16.2. The van der Waals surface area contributed by atoms with Crippen LogP contribution in [0.2, 0.25) is 0 Å². The van der Waals surface area contributed by atoms with E-state index in [-0.39, 0.29) is 24.5 Å². The summed E-state index contributed by atoms with van der Waals surface area (Å²) in [6.07, 6.45) is 0.643. The molecule has 0 saturated carbocycles. The molecular formula is C19H31N3O2. The number of nitrogens with one attached hydrogen (secondary N) is 2. The Morgan fingerprint density at radius 2 is 1.71 bits per heavy atom. The van der Waals surface area contributed by atoms with Crippen molar-refractivity contribution in [2.45, 2.75) is 45.7 Å². The fraction of sp³-hybridized carbons (Fsp3) is 0.579. The van der Waals surface area contributed by atoms with Gasteiger partial charge in [0.1, 0.15) is 0 Å². The van der Waals surface area contributed by atoms with Crippen molar-refractivity contribution in [1.29, 1.82) is 0 Å². The number of nitrogens with zero attached hydrogens (tertiary/aromatic N) is 1. The van der Waals surface area contributed by atoms with Gasteiger partial charge in [-0.3, -0.25) is 14.5 Å². The molecule has 0 saturated heterocycles. The minimum absolute atomic E-state index is 0.0163. The van der Waals surface area contributed by atoms with Crippen molar-refractivity contribution >= 4 is 11.8 Å². The lowest BCUT2D eigenvalue weighted by Gasteiger charge is -2.31. The standard InChI is InChI=1S/C19H31N3O2/c1-14(2)12-19(4,16-10-8-7-9-11-16)18(24)20-13-17(23)21-15(3)22(5)6/h7-11,14-15H,12-13H2,1-6H3,(H,20,24)(H,21,23). The SMILES string of the molecule is CC(C)CC(C)(C(=O)NCC(=O)NC(C)N(C)C)c1ccccc1. The van der Waals surface area contributed by atoms with Crippen molar-refractivity contribution in [1.82, 2.24) is 15.5 Å². The van der Waals surface area contributed by atoms with Crippen LogP contribution in [0.5, 0.6) is 0 Å². The molecule has 1 aromatic carbocycles. The van der Waals surface area contributed by atoms with Gasteiger partial charge in [-0.2, -0.15) is 0 Å². The van der Waals surface area contributed by atoms with Gasteiger partial charge in [0.25, 0.3) is 0 Å². The van der Waals surface area contributed by atoms with E-state index in [1.54, 1.807) is 0 Å². The highest BCUT2D eigenvalue weighted by Crippen LogP contribution is 2.31. The van der Waals surface area contributed by atoms with E-state index in [1.807, 2.05) is 63.2 Å². The lowest BCUT2D eigenvalue weighted by atomic mass is 9.75. The van der Waals surface area contributed by atoms with Crippen molar-refractivity contribution in [2.24, 2.45) is 5.92 Å². The van der Waals surface area contributed by atoms with Crippen LogP contribution in [0.3, 0.4) is 0 Å². The van der Waals surface area contributed by atoms with Crippen LogP contribution in [-0.4, -0.2) is 43.5 Å². The summed E-state index contributed by atoms with van der Waals surface area (Å²) in [5.74, 6) is 0.0584. The Kier molecular flexibility index (Phi) is 7.42. The Balaban J connectivity index is 2.78. The van der Waals surface area contributed by atoms with Gasteiger partial charge in [-0.1, -0.05) is 44.2 Å². The Labute approximate surface area is 145 Å². The second-order valence-electron chi connectivity index (χ2n) is 7.19. The Hall–Kier alpha value is -1.88. The summed E-state index contributed by atoms with van der Waals surface area (Å²) in [6.45, 7) is 8.02. The summed E-state index contributed by atoms with van der Waals surface area (Å²) in [6, 6.07) is 9.75. The second-order valence-corrected chi connectivity index (χ2v) is 7.19. The molecule has 0 aromatic heterocycles. The van der Waals surface area contributed by atoms with Gasteiger partial charge in [-0.25, -0.2) is 0 Å². The van der Waals surface area contributed by atoms with Crippen molar-refractivity contribution < 1.29 is 9.59 Å². The van der Waals surface area contributed by atoms with E-state index in [1.165, 1.54) is 0 Å². The minimum atomic E-state index is -0.650. The third-order valence-corrected chi connectivity index (χ3v) is 4.28. The molecule has 5 nitrogen and oxygen atoms in total. The largest absolute Gasteiger partial charge is 0.346 e. The molecule has 0 heterocycles. The van der Waals surface area contributed by atoms with Crippen molar-refractivity contribution in [3.8, 4) is 0 Å². The molecule has 0 bridgehead atoms. The summed E-state index contributed by atoms with van der Waals surface area (Å²) in [4.78, 5) is 26.7. The molecular weight excluding hydrogens is 302 g/mol. The summed E-state index contributed by atoms with van der Waals surface area (Å²) in [5.41, 5.74) is 0.321. The van der Waals surface area contributed by atoms with Crippen molar-refractivity contribution in [2.75, 3.05) is 20.6 Å². The average molecular weight is 333 g/mol. The van der Waals surface area contributed by atoms with Gasteiger partial charge in [0.05, 0.1) is 18.1 Å². The number of amides is 2. The van der Waals surface area contributed by atoms with Gasteiger partial charge in [-0.05, 0) is 45.8 Å². The Bertz CT molecular complexity index is 543. The summed E-state index contributed by atoms with van der Waals surface area (Å²) < 4.78 is 0. The monoisotopic (exact) mass is 333 g/mol. The molecule has 134 valence electrons. The summed E-state index contributed by atoms with van der Waals surface area (Å²) >= 11 is 0. The summed E-state index contributed by atoms with van der Waals surface area (Å²) in [5, 5.41) is 5.64. The predicted molar refractivity (Wildman–Crippen MR) is 97.6 cm³/mol. The Morgan fingerprint density at radius 3 is 2.21 bits per heavy atom. The van der Waals surface area contributed by atoms with Crippen LogP contribution < -0.4 is 10.6 Å². The first kappa shape index (κ1) is 20.2. The van der Waals surface area contributed by atoms with E-state index in [0.29, 0.717) is 5.92 Å². The van der Waals surface area contributed by atoms with Crippen LogP contribution in [0, 0.1) is 5.92 Å². The molecule has 2 N–H and O–H groups in total. The lowest BCUT2D eigenvalue weighted by molar-refractivity contribution is -0.130. The molecule has 0 spiro atoms. The van der Waals surface area contributed by atoms with Crippen LogP contribution in [0.4, 0.5) is 0 Å². The van der Waals surface area contributed by atoms with E-state index >= 15 is 0 Å². The first-order chi connectivity index (χ1) is 11.2. The predicted octanol–water partition coefficient (Wildman–Crippen LogP) is 2.13. The second kappa shape index (κ2) is 8.83. The molecule has 1 aromatic rings. The van der Waals surface area contributed by atoms with Crippen LogP contribution in [-0.2, 0) is 15.0 Å². The normalized spacial score (nSPS) is 15.0. The number of carbonyl (C=O) groups is 2. The van der Waals surface area contributed by atoms with E-state index in [9.17, 15) is 9.59 Å². The van der Waals surface area contributed by atoms with Gasteiger partial charge >= 0.3 is 0 Å². The van der Waals surface area contributed by atoms with Crippen molar-refractivity contribution in [3.05, 3.63) is 35.9 Å². The van der Waals surface area contributed by atoms with E-state index in [0.717, 1.165) is 12.0 Å². The zero-order valence-electron chi connectivity index (χ0n) is 15.7. The topological polar surface area (TPSA) is 61.4 Å². The Morgan fingerprint density at radius 1 is 1.12 bits per heavy atom. The third-order valence-electron chi connectivity index (χ3n) is 4.28. The average Bonchev–Trinajstić information content (AvgIpc) is 2.52. The van der Waals surface area contributed by atoms with Gasteiger partial charge in [-0.15, -0.1) is 0 Å². The molecule has 0 aliphatic heterocycles. The zero-order valence-corrected chi connectivity index (χ0v) is 15.7. The van der Waals surface area contributed by atoms with Gasteiger partial charge in [0.15, 0.2) is 0 Å². The number of carbonyl (C=O) groups excluding carboxylic acids is 2. The van der Waals surface area contributed by atoms with Crippen LogP contribution in [0.25, 0.3) is 0 Å². The number of hydrogen-bond acceptors (Lipinski definition) is 3. The van der Waals surface area contributed by atoms with Crippen LogP contribution in [0.1, 0.15) is 39.7 Å². The maximum absolute atomic E-state index is 12.8. The van der Waals surface area contributed by atoms with Gasteiger partial charge in [0, 0.05) is 0 Å². The molecule has 2 atom stereocenters. The van der Waals surface area contributed by atoms with E-state index < -0.39 is 5.41 Å². The van der Waals surface area contributed by atoms with Gasteiger partial charge < -0.3 is 10.6 Å². The zero-order chi connectivity index (χ0) is 18.3. The highest BCUT2D eigenvalue weighted by molar-refractivity contribution is 5.91. The smallest absolute Gasteiger partial charge is 0.240 e.